The number of aryl methyl sites for hydroxylation is 1. The van der Waals surface area contributed by atoms with Gasteiger partial charge in [0.2, 0.25) is 5.91 Å². The van der Waals surface area contributed by atoms with Crippen LogP contribution in [0.25, 0.3) is 33.4 Å². The number of carbonyl (C=O) groups is 3. The van der Waals surface area contributed by atoms with Crippen molar-refractivity contribution in [1.29, 1.82) is 0 Å². The summed E-state index contributed by atoms with van der Waals surface area (Å²) >= 11 is 1.54. The lowest BCUT2D eigenvalue weighted by Gasteiger charge is -2.37. The fraction of sp³-hybridized carbons (Fsp3) is 0.655. The number of aromatic nitrogens is 3. The summed E-state index contributed by atoms with van der Waals surface area (Å²) in [5.74, 6) is -0.209. The summed E-state index contributed by atoms with van der Waals surface area (Å²) in [5, 5.41) is 12.6. The molecule has 2 amide bonds. The van der Waals surface area contributed by atoms with Crippen LogP contribution in [-0.2, 0) is 38.5 Å². The van der Waals surface area contributed by atoms with Gasteiger partial charge in [-0.15, -0.1) is 11.3 Å². The minimum atomic E-state index is -0.864. The van der Waals surface area contributed by atoms with Crippen molar-refractivity contribution in [3.8, 4) is 22.5 Å². The first-order valence-corrected chi connectivity index (χ1v) is 27.8. The molecule has 6 fully saturated rings. The predicted octanol–water partition coefficient (Wildman–Crippen LogP) is 7.15. The van der Waals surface area contributed by atoms with Gasteiger partial charge in [0.15, 0.2) is 0 Å². The van der Waals surface area contributed by atoms with Crippen LogP contribution in [0.4, 0.5) is 5.69 Å². The second kappa shape index (κ2) is 19.5. The number of hydrazine groups is 1. The SMILES string of the molecule is CCn1c(-c2cc(N3CCN(C4CC4)CC3)cnc2C(C)C)c2c3cc(ccc31)-c1csc(n1)C[C@H](NC(=O)C(C1CCCC1)N1CC[C@]3(CCNC3)C1)C(=O)N1CCC[C@H](N1)C(=O)OCC(C)(C)C2. The van der Waals surface area contributed by atoms with Gasteiger partial charge in [0.05, 0.1) is 46.6 Å². The van der Waals surface area contributed by atoms with Crippen LogP contribution in [0.1, 0.15) is 121 Å². The van der Waals surface area contributed by atoms with E-state index in [0.717, 1.165) is 142 Å². The first kappa shape index (κ1) is 47.9. The van der Waals surface area contributed by atoms with Gasteiger partial charge in [0.25, 0.3) is 5.91 Å². The van der Waals surface area contributed by atoms with E-state index in [0.29, 0.717) is 25.8 Å². The summed E-state index contributed by atoms with van der Waals surface area (Å²) in [4.78, 5) is 62.0. The van der Waals surface area contributed by atoms with E-state index in [4.69, 9.17) is 14.7 Å². The number of amides is 2. The zero-order valence-corrected chi connectivity index (χ0v) is 43.2. The third-order valence-electron chi connectivity index (χ3n) is 17.1. The highest BCUT2D eigenvalue weighted by atomic mass is 32.1. The average Bonchev–Trinajstić information content (AvgIpc) is 3.86. The number of ether oxygens (including phenoxy) is 1. The van der Waals surface area contributed by atoms with Gasteiger partial charge < -0.3 is 24.8 Å². The smallest absolute Gasteiger partial charge is 0.324 e. The van der Waals surface area contributed by atoms with Crippen LogP contribution >= 0.6 is 11.3 Å². The number of pyridine rings is 1. The number of thiazole rings is 1. The van der Waals surface area contributed by atoms with E-state index in [1.165, 1.54) is 41.1 Å². The fourth-order valence-corrected chi connectivity index (χ4v) is 14.0. The molecule has 6 bridgehead atoms. The summed E-state index contributed by atoms with van der Waals surface area (Å²) in [6, 6.07) is 8.07. The Hall–Kier alpha value is -4.41. The Morgan fingerprint density at radius 1 is 0.986 bits per heavy atom. The summed E-state index contributed by atoms with van der Waals surface area (Å²) in [7, 11) is 0. The number of hydrogen-bond acceptors (Lipinski definition) is 12. The van der Waals surface area contributed by atoms with Crippen molar-refractivity contribution in [1.82, 2.24) is 45.4 Å². The van der Waals surface area contributed by atoms with Gasteiger partial charge in [-0.05, 0) is 119 Å². The van der Waals surface area contributed by atoms with Crippen LogP contribution in [0.5, 0.6) is 0 Å². The van der Waals surface area contributed by atoms with Gasteiger partial charge in [-0.25, -0.2) is 10.4 Å². The highest BCUT2D eigenvalue weighted by Gasteiger charge is 2.47. The number of rotatable bonds is 9. The fourth-order valence-electron chi connectivity index (χ4n) is 13.1. The van der Waals surface area contributed by atoms with Gasteiger partial charge in [0.1, 0.15) is 12.1 Å². The number of likely N-dealkylation sites (tertiary alicyclic amines) is 1. The summed E-state index contributed by atoms with van der Waals surface area (Å²) < 4.78 is 8.75. The van der Waals surface area contributed by atoms with Crippen molar-refractivity contribution >= 4 is 45.7 Å². The molecule has 4 aromatic rings. The maximum absolute atomic E-state index is 14.9. The Bertz CT molecular complexity index is 2580. The largest absolute Gasteiger partial charge is 0.464 e. The summed E-state index contributed by atoms with van der Waals surface area (Å²) in [5.41, 5.74) is 11.9. The number of nitrogens with zero attached hydrogens (tertiary/aromatic N) is 7. The van der Waals surface area contributed by atoms with Gasteiger partial charge in [-0.1, -0.05) is 46.6 Å². The van der Waals surface area contributed by atoms with Crippen LogP contribution in [0.15, 0.2) is 35.8 Å². The second-order valence-corrected chi connectivity index (χ2v) is 24.1. The molecule has 70 heavy (non-hydrogen) atoms. The van der Waals surface area contributed by atoms with Gasteiger partial charge in [-0.3, -0.25) is 34.2 Å². The van der Waals surface area contributed by atoms with Crippen LogP contribution < -0.4 is 21.0 Å². The molecule has 376 valence electrons. The number of carbonyl (C=O) groups excluding carboxylic acids is 3. The molecule has 3 N–H and O–H groups in total. The number of cyclic esters (lactones) is 1. The van der Waals surface area contributed by atoms with E-state index in [2.05, 4.69) is 106 Å². The standard InChI is InChI=1S/C55H76N10O4S/c1-6-64-46-16-13-37-26-40(46)42(50(64)41-27-39(30-57-48(41)35(2)3)62-24-22-61(23-25-62)38-14-15-38)29-54(4,5)34-69-53(68)43-12-9-20-65(60-43)52(67)44(28-47-58-45(37)31-70-47)59-51(66)49(36-10-7-8-11-36)63-21-18-55(33-63)17-19-56-32-55/h13,16,26-27,30-31,35-36,38,43-44,49,56,60H,6-12,14-15,17-25,28-29,32-34H2,1-5H3,(H,59,66)/t43-,44-,49?,55-/m0/s1. The lowest BCUT2D eigenvalue weighted by atomic mass is 9.84. The molecule has 11 rings (SSSR count). The molecule has 8 heterocycles. The predicted molar refractivity (Wildman–Crippen MR) is 277 cm³/mol. The maximum atomic E-state index is 14.9. The minimum absolute atomic E-state index is 0.0610. The zero-order valence-electron chi connectivity index (χ0n) is 42.4. The van der Waals surface area contributed by atoms with Crippen molar-refractivity contribution in [2.24, 2.45) is 16.7 Å². The normalized spacial score (nSPS) is 26.7. The number of hydrogen-bond donors (Lipinski definition) is 3. The summed E-state index contributed by atoms with van der Waals surface area (Å²) in [6.07, 6.45) is 13.4. The molecule has 2 aliphatic carbocycles. The number of esters is 1. The highest BCUT2D eigenvalue weighted by molar-refractivity contribution is 7.10. The average molecular weight is 973 g/mol. The van der Waals surface area contributed by atoms with Crippen LogP contribution in [0.3, 0.4) is 0 Å². The molecule has 0 radical (unpaired) electrons. The van der Waals surface area contributed by atoms with E-state index in [1.807, 2.05) is 0 Å². The minimum Gasteiger partial charge on any atom is -0.464 e. The van der Waals surface area contributed by atoms with Crippen molar-refractivity contribution in [2.45, 2.75) is 148 Å². The van der Waals surface area contributed by atoms with E-state index in [-0.39, 0.29) is 54.1 Å². The maximum Gasteiger partial charge on any atom is 0.324 e. The van der Waals surface area contributed by atoms with Crippen molar-refractivity contribution < 1.29 is 19.1 Å². The van der Waals surface area contributed by atoms with Crippen molar-refractivity contribution in [3.63, 3.8) is 0 Å². The molecule has 1 unspecified atom stereocenters. The Morgan fingerprint density at radius 3 is 2.54 bits per heavy atom. The molecule has 1 spiro atoms. The quantitative estimate of drug-likeness (QED) is 0.148. The third-order valence-corrected chi connectivity index (χ3v) is 18.0. The monoisotopic (exact) mass is 973 g/mol. The van der Waals surface area contributed by atoms with E-state index in [1.54, 1.807) is 5.01 Å². The first-order valence-electron chi connectivity index (χ1n) is 26.9. The van der Waals surface area contributed by atoms with E-state index >= 15 is 0 Å². The third kappa shape index (κ3) is 9.54. The molecule has 4 saturated heterocycles. The molecule has 1 aromatic carbocycles. The van der Waals surface area contributed by atoms with E-state index in [9.17, 15) is 14.4 Å². The van der Waals surface area contributed by atoms with Gasteiger partial charge in [-0.2, -0.15) is 0 Å². The topological polar surface area (TPSA) is 140 Å². The van der Waals surface area contributed by atoms with Crippen molar-refractivity contribution in [2.75, 3.05) is 70.4 Å². The Morgan fingerprint density at radius 2 is 1.80 bits per heavy atom. The number of nitrogens with one attached hydrogen (secondary N) is 3. The Kier molecular flexibility index (Phi) is 13.4. The second-order valence-electron chi connectivity index (χ2n) is 23.1. The van der Waals surface area contributed by atoms with E-state index < -0.39 is 17.5 Å². The molecular formula is C55H76N10O4S. The van der Waals surface area contributed by atoms with Gasteiger partial charge >= 0.3 is 5.97 Å². The van der Waals surface area contributed by atoms with Gasteiger partial charge in [0, 0.05) is 97.6 Å². The van der Waals surface area contributed by atoms with Crippen LogP contribution in [0.2, 0.25) is 0 Å². The molecular weight excluding hydrogens is 897 g/mol. The lowest BCUT2D eigenvalue weighted by Crippen LogP contribution is -2.62. The molecule has 15 heteroatoms. The Labute approximate surface area is 418 Å². The molecule has 2 saturated carbocycles. The first-order chi connectivity index (χ1) is 33.9. The Balaban J connectivity index is 0.965. The van der Waals surface area contributed by atoms with Crippen molar-refractivity contribution in [3.05, 3.63) is 52.1 Å². The number of piperazine rings is 1. The van der Waals surface area contributed by atoms with Crippen LogP contribution in [-0.4, -0.2) is 137 Å². The molecule has 14 nitrogen and oxygen atoms in total. The molecule has 3 aromatic heterocycles. The number of anilines is 1. The molecule has 5 aliphatic heterocycles. The zero-order chi connectivity index (χ0) is 48.3. The lowest BCUT2D eigenvalue weighted by molar-refractivity contribution is -0.155. The molecule has 7 aliphatic rings. The summed E-state index contributed by atoms with van der Waals surface area (Å²) in [6.45, 7) is 20.5. The number of benzene rings is 1. The highest BCUT2D eigenvalue weighted by Crippen LogP contribution is 2.44. The molecule has 4 atom stereocenters. The van der Waals surface area contributed by atoms with Crippen LogP contribution in [0, 0.1) is 16.7 Å². The number of fused-ring (bicyclic) bond motifs is 6.